The molecule has 2 fully saturated rings. The van der Waals surface area contributed by atoms with Gasteiger partial charge in [0.25, 0.3) is 11.5 Å². The monoisotopic (exact) mass is 553 g/mol. The van der Waals surface area contributed by atoms with E-state index >= 15 is 0 Å². The summed E-state index contributed by atoms with van der Waals surface area (Å²) in [6.45, 7) is 8.81. The molecule has 5 rings (SSSR count). The first kappa shape index (κ1) is 25.8. The third-order valence-corrected chi connectivity index (χ3v) is 8.51. The molecule has 10 heteroatoms. The molecule has 4 heterocycles. The van der Waals surface area contributed by atoms with Crippen molar-refractivity contribution >= 4 is 69.0 Å². The molecule has 0 unspecified atom stereocenters. The first-order valence-corrected chi connectivity index (χ1v) is 13.9. The number of anilines is 2. The summed E-state index contributed by atoms with van der Waals surface area (Å²) in [6.07, 6.45) is 4.20. The zero-order valence-electron chi connectivity index (χ0n) is 21.0. The normalized spacial score (nSPS) is 18.4. The summed E-state index contributed by atoms with van der Waals surface area (Å²) in [6, 6.07) is 11.6. The van der Waals surface area contributed by atoms with Gasteiger partial charge in [-0.05, 0) is 56.2 Å². The van der Waals surface area contributed by atoms with E-state index in [0.29, 0.717) is 44.4 Å². The van der Waals surface area contributed by atoms with Gasteiger partial charge in [-0.25, -0.2) is 4.98 Å². The van der Waals surface area contributed by atoms with Crippen molar-refractivity contribution in [2.45, 2.75) is 33.2 Å². The Morgan fingerprint density at radius 2 is 1.86 bits per heavy atom. The van der Waals surface area contributed by atoms with Gasteiger partial charge in [0.2, 0.25) is 0 Å². The SMILES string of the molecule is CC[C@H](C)N1C(=O)/C(=C/c2c(N3CCN(c4cccc(Cl)c4)CC3)nc3c(C)cccn3c2=O)SC1=S. The van der Waals surface area contributed by atoms with Crippen molar-refractivity contribution in [2.75, 3.05) is 36.0 Å². The number of carbonyl (C=O) groups is 1. The highest BCUT2D eigenvalue weighted by Gasteiger charge is 2.35. The van der Waals surface area contributed by atoms with E-state index in [1.807, 2.05) is 51.1 Å². The second kappa shape index (κ2) is 10.5. The van der Waals surface area contributed by atoms with Gasteiger partial charge in [-0.15, -0.1) is 0 Å². The molecular weight excluding hydrogens is 526 g/mol. The Balaban J connectivity index is 1.55. The highest BCUT2D eigenvalue weighted by atomic mass is 35.5. The van der Waals surface area contributed by atoms with Gasteiger partial charge in [0.1, 0.15) is 15.8 Å². The summed E-state index contributed by atoms with van der Waals surface area (Å²) in [7, 11) is 0. The lowest BCUT2D eigenvalue weighted by molar-refractivity contribution is -0.123. The van der Waals surface area contributed by atoms with E-state index < -0.39 is 0 Å². The van der Waals surface area contributed by atoms with E-state index in [0.717, 1.165) is 30.8 Å². The third-order valence-electron chi connectivity index (χ3n) is 6.95. The molecule has 1 amide bonds. The van der Waals surface area contributed by atoms with Crippen LogP contribution in [0.25, 0.3) is 11.7 Å². The largest absolute Gasteiger partial charge is 0.368 e. The van der Waals surface area contributed by atoms with Crippen molar-refractivity contribution in [3.8, 4) is 0 Å². The predicted octanol–water partition coefficient (Wildman–Crippen LogP) is 4.98. The standard InChI is InChI=1S/C27H28ClN5O2S2/c1-4-18(3)33-26(35)22(37-27(33)36)16-21-24(29-23-17(2)7-6-10-32(23)25(21)34)31-13-11-30(12-14-31)20-9-5-8-19(28)15-20/h5-10,15-16,18H,4,11-14H2,1-3H3/b22-16-/t18-/m0/s1. The van der Waals surface area contributed by atoms with E-state index in [1.165, 1.54) is 11.8 Å². The van der Waals surface area contributed by atoms with E-state index in [4.69, 9.17) is 28.8 Å². The number of hydrogen-bond acceptors (Lipinski definition) is 7. The number of halogens is 1. The van der Waals surface area contributed by atoms with Crippen LogP contribution in [0, 0.1) is 6.92 Å². The number of nitrogens with zero attached hydrogens (tertiary/aromatic N) is 5. The second-order valence-electron chi connectivity index (χ2n) is 9.30. The molecular formula is C27H28ClN5O2S2. The summed E-state index contributed by atoms with van der Waals surface area (Å²) in [5.41, 5.74) is 2.80. The van der Waals surface area contributed by atoms with Crippen LogP contribution in [0.2, 0.25) is 5.02 Å². The molecule has 3 aromatic rings. The van der Waals surface area contributed by atoms with Gasteiger partial charge in [-0.2, -0.15) is 0 Å². The minimum atomic E-state index is -0.199. The fourth-order valence-electron chi connectivity index (χ4n) is 4.69. The number of hydrogen-bond donors (Lipinski definition) is 0. The molecule has 7 nitrogen and oxygen atoms in total. The van der Waals surface area contributed by atoms with Crippen molar-refractivity contribution in [3.05, 3.63) is 74.0 Å². The first-order valence-electron chi connectivity index (χ1n) is 12.3. The number of amides is 1. The lowest BCUT2D eigenvalue weighted by Crippen LogP contribution is -2.47. The first-order chi connectivity index (χ1) is 17.8. The summed E-state index contributed by atoms with van der Waals surface area (Å²) in [5.74, 6) is 0.439. The molecule has 0 N–H and O–H groups in total. The van der Waals surface area contributed by atoms with Crippen LogP contribution in [0.15, 0.2) is 52.3 Å². The molecule has 0 saturated carbocycles. The van der Waals surface area contributed by atoms with Crippen LogP contribution in [-0.4, -0.2) is 56.7 Å². The lowest BCUT2D eigenvalue weighted by atomic mass is 10.2. The topological polar surface area (TPSA) is 61.2 Å². The molecule has 2 aromatic heterocycles. The maximum Gasteiger partial charge on any atom is 0.267 e. The van der Waals surface area contributed by atoms with Gasteiger partial charge >= 0.3 is 0 Å². The molecule has 1 aromatic carbocycles. The second-order valence-corrected chi connectivity index (χ2v) is 11.4. The summed E-state index contributed by atoms with van der Waals surface area (Å²) in [5, 5.41) is 0.705. The van der Waals surface area contributed by atoms with Crippen molar-refractivity contribution in [2.24, 2.45) is 0 Å². The Morgan fingerprint density at radius 1 is 1.14 bits per heavy atom. The average molecular weight is 554 g/mol. The Kier molecular flexibility index (Phi) is 7.29. The molecule has 0 radical (unpaired) electrons. The summed E-state index contributed by atoms with van der Waals surface area (Å²) < 4.78 is 2.08. The van der Waals surface area contributed by atoms with Crippen LogP contribution in [0.5, 0.6) is 0 Å². The molecule has 2 aliphatic rings. The number of piperazine rings is 1. The number of thiocarbonyl (C=S) groups is 1. The van der Waals surface area contributed by atoms with Crippen LogP contribution >= 0.6 is 35.6 Å². The van der Waals surface area contributed by atoms with Gasteiger partial charge in [-0.3, -0.25) is 18.9 Å². The van der Waals surface area contributed by atoms with Crippen molar-refractivity contribution in [3.63, 3.8) is 0 Å². The maximum absolute atomic E-state index is 13.8. The van der Waals surface area contributed by atoms with Crippen LogP contribution in [0.1, 0.15) is 31.4 Å². The minimum Gasteiger partial charge on any atom is -0.368 e. The van der Waals surface area contributed by atoms with Crippen molar-refractivity contribution < 1.29 is 4.79 Å². The lowest BCUT2D eigenvalue weighted by Gasteiger charge is -2.37. The molecule has 2 aliphatic heterocycles. The summed E-state index contributed by atoms with van der Waals surface area (Å²) >= 11 is 13.0. The number of aromatic nitrogens is 2. The van der Waals surface area contributed by atoms with E-state index in [-0.39, 0.29) is 17.5 Å². The quantitative estimate of drug-likeness (QED) is 0.326. The number of pyridine rings is 1. The Labute approximate surface area is 230 Å². The highest BCUT2D eigenvalue weighted by molar-refractivity contribution is 8.26. The predicted molar refractivity (Wildman–Crippen MR) is 157 cm³/mol. The number of aryl methyl sites for hydroxylation is 1. The molecule has 37 heavy (non-hydrogen) atoms. The molecule has 0 aliphatic carbocycles. The highest BCUT2D eigenvalue weighted by Crippen LogP contribution is 2.35. The zero-order chi connectivity index (χ0) is 26.3. The van der Waals surface area contributed by atoms with E-state index in [9.17, 15) is 9.59 Å². The Bertz CT molecular complexity index is 1480. The van der Waals surface area contributed by atoms with E-state index in [2.05, 4.69) is 15.9 Å². The average Bonchev–Trinajstić information content (AvgIpc) is 3.18. The van der Waals surface area contributed by atoms with Crippen molar-refractivity contribution in [1.82, 2.24) is 14.3 Å². The number of thioether (sulfide) groups is 1. The number of fused-ring (bicyclic) bond motifs is 1. The Morgan fingerprint density at radius 3 is 2.57 bits per heavy atom. The molecule has 0 bridgehead atoms. The van der Waals surface area contributed by atoms with E-state index in [1.54, 1.807) is 21.6 Å². The van der Waals surface area contributed by atoms with Crippen molar-refractivity contribution in [1.29, 1.82) is 0 Å². The van der Waals surface area contributed by atoms with Gasteiger partial charge in [0.05, 0.1) is 10.5 Å². The number of rotatable bonds is 5. The maximum atomic E-state index is 13.8. The van der Waals surface area contributed by atoms with Crippen LogP contribution in [0.4, 0.5) is 11.5 Å². The van der Waals surface area contributed by atoms with Crippen LogP contribution in [0.3, 0.4) is 0 Å². The fraction of sp³-hybridized carbons (Fsp3) is 0.333. The smallest absolute Gasteiger partial charge is 0.267 e. The third kappa shape index (κ3) is 4.87. The number of benzene rings is 1. The van der Waals surface area contributed by atoms with Gasteiger partial charge in [0.15, 0.2) is 0 Å². The molecule has 1 atom stereocenters. The minimum absolute atomic E-state index is 0.00378. The van der Waals surface area contributed by atoms with Gasteiger partial charge < -0.3 is 9.80 Å². The summed E-state index contributed by atoms with van der Waals surface area (Å²) in [4.78, 5) is 38.5. The van der Waals surface area contributed by atoms with Crippen LogP contribution in [-0.2, 0) is 4.79 Å². The molecule has 2 saturated heterocycles. The van der Waals surface area contributed by atoms with Crippen LogP contribution < -0.4 is 15.4 Å². The molecule has 0 spiro atoms. The number of carbonyl (C=O) groups excluding carboxylic acids is 1. The fourth-order valence-corrected chi connectivity index (χ4v) is 6.32. The van der Waals surface area contributed by atoms with Gasteiger partial charge in [-0.1, -0.05) is 54.6 Å². The molecule has 192 valence electrons. The zero-order valence-corrected chi connectivity index (χ0v) is 23.4. The van der Waals surface area contributed by atoms with Gasteiger partial charge in [0, 0.05) is 49.1 Å². The Hall–Kier alpha value is -2.88.